The van der Waals surface area contributed by atoms with Gasteiger partial charge in [-0.3, -0.25) is 0 Å². The van der Waals surface area contributed by atoms with Crippen LogP contribution < -0.4 is 0 Å². The van der Waals surface area contributed by atoms with Crippen molar-refractivity contribution in [2.75, 3.05) is 6.16 Å². The Balaban J connectivity index is 2.29. The summed E-state index contributed by atoms with van der Waals surface area (Å²) in [5.41, 5.74) is 0. The first kappa shape index (κ1) is 13.5. The van der Waals surface area contributed by atoms with Gasteiger partial charge in [0.2, 0.25) is 0 Å². The lowest BCUT2D eigenvalue weighted by Gasteiger charge is -2.33. The second kappa shape index (κ2) is 6.86. The van der Waals surface area contributed by atoms with E-state index in [0.29, 0.717) is 5.92 Å². The second-order valence-electron chi connectivity index (χ2n) is 5.56. The summed E-state index contributed by atoms with van der Waals surface area (Å²) in [5, 5.41) is 9.89. The molecule has 1 saturated carbocycles. The van der Waals surface area contributed by atoms with E-state index in [4.69, 9.17) is 0 Å². The normalized spacial score (nSPS) is 32.2. The summed E-state index contributed by atoms with van der Waals surface area (Å²) >= 11 is 0. The standard InChI is InChI=1S/C13H27OP/c1-10(2)3-4-11-5-6-13(14)12(9-11)7-8-15/h10-14H,3-9,15H2,1-2H3. The van der Waals surface area contributed by atoms with Crippen LogP contribution in [0.25, 0.3) is 0 Å². The van der Waals surface area contributed by atoms with Gasteiger partial charge in [0.1, 0.15) is 0 Å². The summed E-state index contributed by atoms with van der Waals surface area (Å²) in [5.74, 6) is 2.29. The molecule has 90 valence electrons. The van der Waals surface area contributed by atoms with E-state index in [9.17, 15) is 5.11 Å². The van der Waals surface area contributed by atoms with E-state index in [2.05, 4.69) is 23.1 Å². The fraction of sp³-hybridized carbons (Fsp3) is 1.00. The SMILES string of the molecule is CC(C)CCC1CCC(O)C(CCP)C1. The highest BCUT2D eigenvalue weighted by molar-refractivity contribution is 7.16. The van der Waals surface area contributed by atoms with E-state index in [1.54, 1.807) is 0 Å². The average Bonchev–Trinajstić information content (AvgIpc) is 2.19. The highest BCUT2D eigenvalue weighted by atomic mass is 31.0. The molecule has 0 amide bonds. The number of aliphatic hydroxyl groups is 1. The van der Waals surface area contributed by atoms with E-state index in [1.807, 2.05) is 0 Å². The Morgan fingerprint density at radius 1 is 1.27 bits per heavy atom. The Hall–Kier alpha value is 0.390. The van der Waals surface area contributed by atoms with Gasteiger partial charge in [-0.05, 0) is 49.6 Å². The van der Waals surface area contributed by atoms with Crippen LogP contribution in [0.1, 0.15) is 52.4 Å². The monoisotopic (exact) mass is 230 g/mol. The van der Waals surface area contributed by atoms with Crippen molar-refractivity contribution in [3.8, 4) is 0 Å². The lowest BCUT2D eigenvalue weighted by Crippen LogP contribution is -2.29. The Bertz CT molecular complexity index is 170. The largest absolute Gasteiger partial charge is 0.393 e. The number of hydrogen-bond acceptors (Lipinski definition) is 1. The van der Waals surface area contributed by atoms with E-state index in [-0.39, 0.29) is 6.10 Å². The fourth-order valence-electron chi connectivity index (χ4n) is 2.70. The molecule has 1 N–H and O–H groups in total. The van der Waals surface area contributed by atoms with Gasteiger partial charge in [-0.15, -0.1) is 9.24 Å². The molecule has 0 aromatic heterocycles. The van der Waals surface area contributed by atoms with Crippen LogP contribution in [0.4, 0.5) is 0 Å². The Morgan fingerprint density at radius 3 is 2.60 bits per heavy atom. The lowest BCUT2D eigenvalue weighted by atomic mass is 9.76. The summed E-state index contributed by atoms with van der Waals surface area (Å²) in [6.45, 7) is 4.61. The van der Waals surface area contributed by atoms with Crippen molar-refractivity contribution in [3.63, 3.8) is 0 Å². The van der Waals surface area contributed by atoms with Crippen LogP contribution in [0.5, 0.6) is 0 Å². The highest BCUT2D eigenvalue weighted by Gasteiger charge is 2.28. The molecule has 4 unspecified atom stereocenters. The van der Waals surface area contributed by atoms with Crippen LogP contribution in [0.2, 0.25) is 0 Å². The molecule has 1 aliphatic rings. The minimum Gasteiger partial charge on any atom is -0.393 e. The maximum absolute atomic E-state index is 9.89. The predicted octanol–water partition coefficient (Wildman–Crippen LogP) is 3.47. The third kappa shape index (κ3) is 4.83. The number of aliphatic hydroxyl groups excluding tert-OH is 1. The molecule has 0 aliphatic heterocycles. The minimum absolute atomic E-state index is 0.0131. The van der Waals surface area contributed by atoms with E-state index < -0.39 is 0 Å². The third-order valence-corrected chi connectivity index (χ3v) is 4.07. The molecule has 1 nitrogen and oxygen atoms in total. The van der Waals surface area contributed by atoms with E-state index >= 15 is 0 Å². The molecule has 0 spiro atoms. The first-order chi connectivity index (χ1) is 7.13. The van der Waals surface area contributed by atoms with Gasteiger partial charge in [0.15, 0.2) is 0 Å². The zero-order chi connectivity index (χ0) is 11.3. The Kier molecular flexibility index (Phi) is 6.16. The molecule has 1 rings (SSSR count). The first-order valence-electron chi connectivity index (χ1n) is 6.51. The quantitative estimate of drug-likeness (QED) is 0.717. The van der Waals surface area contributed by atoms with Gasteiger partial charge in [-0.1, -0.05) is 26.7 Å². The molecule has 15 heavy (non-hydrogen) atoms. The van der Waals surface area contributed by atoms with Crippen LogP contribution in [0.15, 0.2) is 0 Å². The van der Waals surface area contributed by atoms with Gasteiger partial charge in [0.25, 0.3) is 0 Å². The Morgan fingerprint density at radius 2 is 2.00 bits per heavy atom. The molecule has 1 fully saturated rings. The van der Waals surface area contributed by atoms with Crippen molar-refractivity contribution < 1.29 is 5.11 Å². The zero-order valence-electron chi connectivity index (χ0n) is 10.3. The van der Waals surface area contributed by atoms with Crippen molar-refractivity contribution in [3.05, 3.63) is 0 Å². The highest BCUT2D eigenvalue weighted by Crippen LogP contribution is 2.34. The van der Waals surface area contributed by atoms with Crippen molar-refractivity contribution in [1.82, 2.24) is 0 Å². The van der Waals surface area contributed by atoms with E-state index in [1.165, 1.54) is 32.1 Å². The topological polar surface area (TPSA) is 20.2 Å². The second-order valence-corrected chi connectivity index (χ2v) is 6.13. The number of rotatable bonds is 5. The maximum atomic E-state index is 9.89. The predicted molar refractivity (Wildman–Crippen MR) is 70.1 cm³/mol. The zero-order valence-corrected chi connectivity index (χ0v) is 11.4. The lowest BCUT2D eigenvalue weighted by molar-refractivity contribution is 0.0439. The van der Waals surface area contributed by atoms with Crippen molar-refractivity contribution in [2.24, 2.45) is 17.8 Å². The molecule has 2 heteroatoms. The molecular formula is C13H27OP. The molecule has 0 radical (unpaired) electrons. The van der Waals surface area contributed by atoms with Crippen LogP contribution in [0.3, 0.4) is 0 Å². The summed E-state index contributed by atoms with van der Waals surface area (Å²) in [6, 6.07) is 0. The summed E-state index contributed by atoms with van der Waals surface area (Å²) in [7, 11) is 2.79. The molecule has 4 atom stereocenters. The molecule has 0 saturated heterocycles. The molecule has 0 aromatic rings. The van der Waals surface area contributed by atoms with Crippen LogP contribution in [-0.4, -0.2) is 17.4 Å². The smallest absolute Gasteiger partial charge is 0.0568 e. The molecule has 0 bridgehead atoms. The van der Waals surface area contributed by atoms with Gasteiger partial charge < -0.3 is 5.11 Å². The molecule has 0 aromatic carbocycles. The average molecular weight is 230 g/mol. The van der Waals surface area contributed by atoms with Gasteiger partial charge >= 0.3 is 0 Å². The third-order valence-electron chi connectivity index (χ3n) is 3.74. The van der Waals surface area contributed by atoms with Crippen molar-refractivity contribution in [1.29, 1.82) is 0 Å². The maximum Gasteiger partial charge on any atom is 0.0568 e. The van der Waals surface area contributed by atoms with Gasteiger partial charge in [0.05, 0.1) is 6.10 Å². The summed E-state index contributed by atoms with van der Waals surface area (Å²) in [4.78, 5) is 0. The van der Waals surface area contributed by atoms with Gasteiger partial charge in [0, 0.05) is 0 Å². The number of hydrogen-bond donors (Lipinski definition) is 1. The summed E-state index contributed by atoms with van der Waals surface area (Å²) < 4.78 is 0. The van der Waals surface area contributed by atoms with Crippen molar-refractivity contribution in [2.45, 2.75) is 58.5 Å². The van der Waals surface area contributed by atoms with Gasteiger partial charge in [-0.2, -0.15) is 0 Å². The van der Waals surface area contributed by atoms with Crippen LogP contribution in [0, 0.1) is 17.8 Å². The Labute approximate surface area is 97.2 Å². The van der Waals surface area contributed by atoms with Crippen LogP contribution >= 0.6 is 9.24 Å². The fourth-order valence-corrected chi connectivity index (χ4v) is 3.13. The molecule has 0 heterocycles. The molecule has 1 aliphatic carbocycles. The summed E-state index contributed by atoms with van der Waals surface area (Å²) in [6.07, 6.45) is 8.59. The van der Waals surface area contributed by atoms with Gasteiger partial charge in [-0.25, -0.2) is 0 Å². The molecular weight excluding hydrogens is 203 g/mol. The first-order valence-corrected chi connectivity index (χ1v) is 7.33. The van der Waals surface area contributed by atoms with Crippen molar-refractivity contribution >= 4 is 9.24 Å². The van der Waals surface area contributed by atoms with Crippen LogP contribution in [-0.2, 0) is 0 Å². The van der Waals surface area contributed by atoms with E-state index in [0.717, 1.165) is 24.4 Å². The minimum atomic E-state index is -0.0131.